The Morgan fingerprint density at radius 1 is 0.889 bits per heavy atom. The summed E-state index contributed by atoms with van der Waals surface area (Å²) < 4.78 is 3.50. The maximum absolute atomic E-state index is 6.36. The zero-order chi connectivity index (χ0) is 13.0. The zero-order valence-electron chi connectivity index (χ0n) is 9.21. The fourth-order valence-corrected chi connectivity index (χ4v) is 3.62. The third kappa shape index (κ3) is 3.55. The van der Waals surface area contributed by atoms with Crippen molar-refractivity contribution in [2.75, 3.05) is 4.42 Å². The average molecular weight is 388 g/mol. The van der Waals surface area contributed by atoms with Gasteiger partial charge in [-0.25, -0.2) is 0 Å². The molecule has 0 aliphatic heterocycles. The van der Waals surface area contributed by atoms with Gasteiger partial charge in [0.15, 0.2) is 0 Å². The van der Waals surface area contributed by atoms with Crippen molar-refractivity contribution in [3.05, 3.63) is 60.2 Å². The van der Waals surface area contributed by atoms with Crippen LogP contribution >= 0.6 is 31.2 Å². The Bertz CT molecular complexity index is 553. The van der Waals surface area contributed by atoms with E-state index in [9.17, 15) is 0 Å². The first-order valence-electron chi connectivity index (χ1n) is 5.11. The Balaban J connectivity index is 2.42. The van der Waals surface area contributed by atoms with Crippen LogP contribution < -0.4 is 4.42 Å². The van der Waals surface area contributed by atoms with Crippen LogP contribution in [0, 0.1) is 0 Å². The van der Waals surface area contributed by atoms with E-state index in [0.29, 0.717) is 0 Å². The second-order valence-corrected chi connectivity index (χ2v) is 9.54. The van der Waals surface area contributed by atoms with E-state index in [1.807, 2.05) is 59.2 Å². The number of anilines is 2. The first-order valence-corrected chi connectivity index (χ1v) is 10.9. The normalized spacial score (nSPS) is 10.9. The third-order valence-corrected chi connectivity index (χ3v) is 4.53. The molecule has 0 saturated heterocycles. The summed E-state index contributed by atoms with van der Waals surface area (Å²) in [6.07, 6.45) is 0. The number of hydrogen-bond donors (Lipinski definition) is 0. The second-order valence-electron chi connectivity index (χ2n) is 3.48. The van der Waals surface area contributed by atoms with Gasteiger partial charge in [0, 0.05) is 0 Å². The van der Waals surface area contributed by atoms with Gasteiger partial charge in [0.05, 0.1) is 0 Å². The van der Waals surface area contributed by atoms with Crippen LogP contribution in [-0.4, -0.2) is 4.61 Å². The van der Waals surface area contributed by atoms with E-state index in [1.54, 1.807) is 4.42 Å². The third-order valence-electron chi connectivity index (χ3n) is 2.32. The molecule has 0 radical (unpaired) electrons. The maximum atomic E-state index is 6.36. The van der Waals surface area contributed by atoms with Crippen LogP contribution in [0.3, 0.4) is 0 Å². The van der Waals surface area contributed by atoms with Crippen molar-refractivity contribution in [1.29, 1.82) is 0 Å². The van der Waals surface area contributed by atoms with E-state index in [4.69, 9.17) is 31.2 Å². The van der Waals surface area contributed by atoms with Gasteiger partial charge >= 0.3 is 125 Å². The SMILES string of the molecule is ClN(c1ccccc1)c1ccccc1[CH]=[Ru]([Cl])[Cl]. The van der Waals surface area contributed by atoms with Gasteiger partial charge in [-0.05, 0) is 0 Å². The molecular formula is C13H10Cl3NRu. The van der Waals surface area contributed by atoms with E-state index < -0.39 is 13.5 Å². The van der Waals surface area contributed by atoms with E-state index in [1.165, 1.54) is 0 Å². The van der Waals surface area contributed by atoms with Crippen molar-refractivity contribution < 1.29 is 13.5 Å². The van der Waals surface area contributed by atoms with Crippen LogP contribution in [0.4, 0.5) is 11.4 Å². The molecule has 0 saturated carbocycles. The molecule has 0 aliphatic carbocycles. The topological polar surface area (TPSA) is 3.24 Å². The van der Waals surface area contributed by atoms with E-state index in [-0.39, 0.29) is 0 Å². The molecule has 0 spiro atoms. The summed E-state index contributed by atoms with van der Waals surface area (Å²) in [6.45, 7) is 0. The van der Waals surface area contributed by atoms with Crippen LogP contribution in [-0.2, 0) is 13.5 Å². The number of hydrogen-bond acceptors (Lipinski definition) is 1. The summed E-state index contributed by atoms with van der Waals surface area (Å²) in [5.74, 6) is 0. The number of rotatable bonds is 3. The Morgan fingerprint density at radius 3 is 2.17 bits per heavy atom. The number of halogens is 3. The molecule has 5 heteroatoms. The van der Waals surface area contributed by atoms with Crippen molar-refractivity contribution >= 4 is 47.1 Å². The van der Waals surface area contributed by atoms with Crippen molar-refractivity contribution in [2.24, 2.45) is 0 Å². The molecule has 2 rings (SSSR count). The van der Waals surface area contributed by atoms with Crippen molar-refractivity contribution in [3.8, 4) is 0 Å². The van der Waals surface area contributed by atoms with E-state index >= 15 is 0 Å². The molecule has 0 atom stereocenters. The summed E-state index contributed by atoms with van der Waals surface area (Å²) in [5.41, 5.74) is 2.74. The van der Waals surface area contributed by atoms with Crippen LogP contribution in [0.5, 0.6) is 0 Å². The first kappa shape index (κ1) is 14.0. The molecule has 0 aliphatic rings. The Morgan fingerprint density at radius 2 is 1.50 bits per heavy atom. The fourth-order valence-electron chi connectivity index (χ4n) is 1.53. The molecule has 18 heavy (non-hydrogen) atoms. The molecular weight excluding hydrogens is 378 g/mol. The van der Waals surface area contributed by atoms with Gasteiger partial charge in [-0.15, -0.1) is 0 Å². The summed E-state index contributed by atoms with van der Waals surface area (Å²) in [5, 5.41) is 0. The standard InChI is InChI=1S/C13H10ClN.2ClH.Ru/c1-11-7-5-6-10-13(11)15(14)12-8-3-2-4-9-12;;;/h1-10H;2*1H;/q;;;+2/p-2. The second kappa shape index (κ2) is 6.68. The van der Waals surface area contributed by atoms with Gasteiger partial charge in [-0.2, -0.15) is 0 Å². The van der Waals surface area contributed by atoms with Crippen LogP contribution in [0.2, 0.25) is 0 Å². The van der Waals surface area contributed by atoms with E-state index in [0.717, 1.165) is 16.9 Å². The van der Waals surface area contributed by atoms with Gasteiger partial charge in [0.1, 0.15) is 0 Å². The Kier molecular flexibility index (Phi) is 5.20. The quantitative estimate of drug-likeness (QED) is 0.526. The molecule has 0 fully saturated rings. The van der Waals surface area contributed by atoms with Gasteiger partial charge in [0.25, 0.3) is 0 Å². The predicted molar refractivity (Wildman–Crippen MR) is 77.7 cm³/mol. The van der Waals surface area contributed by atoms with Gasteiger partial charge < -0.3 is 0 Å². The Hall–Kier alpha value is -0.397. The molecule has 0 N–H and O–H groups in total. The molecule has 2 aromatic rings. The molecule has 0 bridgehead atoms. The first-order chi connectivity index (χ1) is 8.68. The minimum atomic E-state index is -1.87. The van der Waals surface area contributed by atoms with Gasteiger partial charge in [0.2, 0.25) is 0 Å². The summed E-state index contributed by atoms with van der Waals surface area (Å²) in [7, 11) is 11.9. The summed E-state index contributed by atoms with van der Waals surface area (Å²) >= 11 is 4.50. The fraction of sp³-hybridized carbons (Fsp3) is 0. The van der Waals surface area contributed by atoms with Crippen molar-refractivity contribution in [3.63, 3.8) is 0 Å². The minimum absolute atomic E-state index is 0.880. The Labute approximate surface area is 125 Å². The van der Waals surface area contributed by atoms with Crippen LogP contribution in [0.15, 0.2) is 54.6 Å². The molecule has 0 aromatic heterocycles. The van der Waals surface area contributed by atoms with Gasteiger partial charge in [-0.3, -0.25) is 0 Å². The zero-order valence-corrected chi connectivity index (χ0v) is 13.2. The molecule has 0 heterocycles. The monoisotopic (exact) mass is 387 g/mol. The molecule has 1 nitrogen and oxygen atoms in total. The molecule has 0 unspecified atom stereocenters. The van der Waals surface area contributed by atoms with Crippen LogP contribution in [0.25, 0.3) is 0 Å². The number of benzene rings is 2. The van der Waals surface area contributed by atoms with Crippen molar-refractivity contribution in [1.82, 2.24) is 0 Å². The van der Waals surface area contributed by atoms with Gasteiger partial charge in [-0.1, -0.05) is 0 Å². The molecule has 96 valence electrons. The number of para-hydroxylation sites is 2. The van der Waals surface area contributed by atoms with Crippen molar-refractivity contribution in [2.45, 2.75) is 0 Å². The summed E-state index contributed by atoms with van der Waals surface area (Å²) in [4.78, 5) is 0. The molecule has 2 aromatic carbocycles. The van der Waals surface area contributed by atoms with Crippen LogP contribution in [0.1, 0.15) is 5.56 Å². The molecule has 0 amide bonds. The predicted octanol–water partition coefficient (Wildman–Crippen LogP) is 5.05. The number of nitrogens with zero attached hydrogens (tertiary/aromatic N) is 1. The summed E-state index contributed by atoms with van der Waals surface area (Å²) in [6, 6.07) is 17.5. The van der Waals surface area contributed by atoms with E-state index in [2.05, 4.69) is 0 Å². The average Bonchev–Trinajstić information content (AvgIpc) is 2.39.